The van der Waals surface area contributed by atoms with Crippen LogP contribution in [0.25, 0.3) is 0 Å². The molecule has 2 saturated heterocycles. The van der Waals surface area contributed by atoms with Gasteiger partial charge in [0, 0.05) is 50.3 Å². The normalized spacial score (nSPS) is 21.3. The maximum Gasteiger partial charge on any atom is 0.246 e. The van der Waals surface area contributed by atoms with Crippen LogP contribution >= 0.6 is 0 Å². The summed E-state index contributed by atoms with van der Waals surface area (Å²) in [7, 11) is 0. The zero-order valence-corrected chi connectivity index (χ0v) is 21.1. The number of unbranched alkanes of at least 4 members (excludes halogenated alkanes) is 1. The first-order chi connectivity index (χ1) is 17.5. The van der Waals surface area contributed by atoms with Gasteiger partial charge < -0.3 is 19.7 Å². The molecule has 0 aromatic carbocycles. The van der Waals surface area contributed by atoms with Crippen molar-refractivity contribution in [2.75, 3.05) is 42.9 Å². The number of carbonyl (C=O) groups excluding carboxylic acids is 1. The topological polar surface area (TPSA) is 79.2 Å². The molecule has 2 aromatic heterocycles. The molecule has 1 N–H and O–H groups in total. The highest BCUT2D eigenvalue weighted by Gasteiger charge is 2.37. The van der Waals surface area contributed by atoms with Crippen molar-refractivity contribution in [3.63, 3.8) is 0 Å². The van der Waals surface area contributed by atoms with E-state index in [4.69, 9.17) is 4.98 Å². The number of anilines is 2. The van der Waals surface area contributed by atoms with Crippen molar-refractivity contribution in [2.45, 2.75) is 83.1 Å². The van der Waals surface area contributed by atoms with E-state index in [2.05, 4.69) is 42.8 Å². The second-order valence-electron chi connectivity index (χ2n) is 10.4. The van der Waals surface area contributed by atoms with E-state index in [1.54, 1.807) is 0 Å². The summed E-state index contributed by atoms with van der Waals surface area (Å²) in [4.78, 5) is 30.1. The van der Waals surface area contributed by atoms with Crippen LogP contribution in [0.15, 0.2) is 12.5 Å². The largest absolute Gasteiger partial charge is 0.356 e. The second-order valence-corrected chi connectivity index (χ2v) is 10.4. The molecule has 0 unspecified atom stereocenters. The Hall–Kier alpha value is -2.62. The lowest BCUT2D eigenvalue weighted by Gasteiger charge is -2.36. The van der Waals surface area contributed by atoms with Crippen LogP contribution in [-0.2, 0) is 17.8 Å². The van der Waals surface area contributed by atoms with Crippen molar-refractivity contribution >= 4 is 17.5 Å². The number of amides is 1. The fourth-order valence-corrected chi connectivity index (χ4v) is 5.85. The highest BCUT2D eigenvalue weighted by molar-refractivity contribution is 5.94. The molecule has 3 aliphatic rings. The number of aromatic nitrogens is 4. The van der Waals surface area contributed by atoms with Crippen molar-refractivity contribution in [1.29, 1.82) is 0 Å². The lowest BCUT2D eigenvalue weighted by atomic mass is 9.91. The standard InChI is InChI=1S/C26H37F2N7O/c1-2-3-6-19-16-35(14-13-33-9-4-5-10-33)25(31-19)18-7-11-34(12-8-18)26-22-20(23(27)28)15-21(36)32-24(22)29-17-30-26/h16-18,20,23H,2-15H2,1H3,(H,29,30,32,36)/t20-/m1/s1. The number of rotatable bonds is 9. The van der Waals surface area contributed by atoms with Gasteiger partial charge in [-0.1, -0.05) is 13.3 Å². The third kappa shape index (κ3) is 5.38. The van der Waals surface area contributed by atoms with Crippen molar-refractivity contribution in [1.82, 2.24) is 24.4 Å². The Balaban J connectivity index is 1.31. The molecular formula is C26H37F2N7O. The van der Waals surface area contributed by atoms with Crippen molar-refractivity contribution in [2.24, 2.45) is 0 Å². The van der Waals surface area contributed by atoms with Gasteiger partial charge in [-0.25, -0.2) is 23.7 Å². The Morgan fingerprint density at radius 1 is 1.11 bits per heavy atom. The van der Waals surface area contributed by atoms with Crippen LogP contribution in [0.4, 0.5) is 20.4 Å². The summed E-state index contributed by atoms with van der Waals surface area (Å²) in [5.41, 5.74) is 1.55. The van der Waals surface area contributed by atoms with E-state index in [0.29, 0.717) is 30.4 Å². The third-order valence-corrected chi connectivity index (χ3v) is 7.86. The van der Waals surface area contributed by atoms with Gasteiger partial charge in [-0.15, -0.1) is 0 Å². The lowest BCUT2D eigenvalue weighted by Crippen LogP contribution is -2.37. The molecule has 0 aliphatic carbocycles. The first-order valence-corrected chi connectivity index (χ1v) is 13.5. The number of carbonyl (C=O) groups is 1. The second kappa shape index (κ2) is 11.2. The Morgan fingerprint density at radius 3 is 2.61 bits per heavy atom. The van der Waals surface area contributed by atoms with E-state index in [-0.39, 0.29) is 12.2 Å². The Kier molecular flexibility index (Phi) is 7.79. The monoisotopic (exact) mass is 501 g/mol. The molecule has 8 nitrogen and oxygen atoms in total. The molecule has 36 heavy (non-hydrogen) atoms. The highest BCUT2D eigenvalue weighted by atomic mass is 19.3. The molecule has 3 aliphatic heterocycles. The minimum atomic E-state index is -2.64. The fraction of sp³-hybridized carbons (Fsp3) is 0.692. The van der Waals surface area contributed by atoms with E-state index in [1.807, 2.05) is 0 Å². The number of hydrogen-bond acceptors (Lipinski definition) is 6. The van der Waals surface area contributed by atoms with Crippen LogP contribution in [0.5, 0.6) is 0 Å². The number of halogens is 2. The number of nitrogens with zero attached hydrogens (tertiary/aromatic N) is 6. The van der Waals surface area contributed by atoms with Gasteiger partial charge in [0.1, 0.15) is 23.8 Å². The zero-order valence-electron chi connectivity index (χ0n) is 21.1. The molecule has 0 saturated carbocycles. The summed E-state index contributed by atoms with van der Waals surface area (Å²) < 4.78 is 30.1. The number of aryl methyl sites for hydroxylation is 1. The van der Waals surface area contributed by atoms with Gasteiger partial charge in [-0.2, -0.15) is 0 Å². The Bertz CT molecular complexity index is 1040. The Labute approximate surface area is 211 Å². The number of nitrogens with one attached hydrogen (secondary N) is 1. The van der Waals surface area contributed by atoms with Crippen molar-refractivity contribution in [3.8, 4) is 0 Å². The smallest absolute Gasteiger partial charge is 0.246 e. The minimum absolute atomic E-state index is 0.224. The highest BCUT2D eigenvalue weighted by Crippen LogP contribution is 2.41. The van der Waals surface area contributed by atoms with Gasteiger partial charge in [0.05, 0.1) is 11.6 Å². The molecular weight excluding hydrogens is 464 g/mol. The van der Waals surface area contributed by atoms with Crippen LogP contribution in [-0.4, -0.2) is 69.5 Å². The molecule has 5 heterocycles. The summed E-state index contributed by atoms with van der Waals surface area (Å²) in [6.45, 7) is 8.02. The summed E-state index contributed by atoms with van der Waals surface area (Å²) in [5.74, 6) is 0.663. The summed E-state index contributed by atoms with van der Waals surface area (Å²) in [5, 5.41) is 2.66. The van der Waals surface area contributed by atoms with Gasteiger partial charge in [-0.05, 0) is 51.6 Å². The zero-order chi connectivity index (χ0) is 25.1. The van der Waals surface area contributed by atoms with Gasteiger partial charge in [0.25, 0.3) is 0 Å². The molecule has 196 valence electrons. The fourth-order valence-electron chi connectivity index (χ4n) is 5.85. The number of likely N-dealkylation sites (tertiary alicyclic amines) is 1. The number of imidazole rings is 1. The number of alkyl halides is 2. The summed E-state index contributed by atoms with van der Waals surface area (Å²) >= 11 is 0. The van der Waals surface area contributed by atoms with E-state index >= 15 is 0 Å². The maximum atomic E-state index is 13.9. The van der Waals surface area contributed by atoms with Gasteiger partial charge in [0.2, 0.25) is 12.3 Å². The van der Waals surface area contributed by atoms with E-state index < -0.39 is 18.3 Å². The molecule has 1 amide bonds. The predicted octanol–water partition coefficient (Wildman–Crippen LogP) is 4.19. The van der Waals surface area contributed by atoms with Crippen molar-refractivity contribution < 1.29 is 13.6 Å². The molecule has 2 aromatic rings. The molecule has 1 atom stereocenters. The molecule has 2 fully saturated rings. The summed E-state index contributed by atoms with van der Waals surface area (Å²) in [6, 6.07) is 0. The average Bonchev–Trinajstić information content (AvgIpc) is 3.55. The SMILES string of the molecule is CCCCc1cn(CCN2CCCC2)c(C2CCN(c3ncnc4c3[C@H](C(F)F)CC(=O)N4)CC2)n1. The summed E-state index contributed by atoms with van der Waals surface area (Å²) in [6.07, 6.45) is 8.39. The van der Waals surface area contributed by atoms with E-state index in [9.17, 15) is 13.6 Å². The van der Waals surface area contributed by atoms with Crippen LogP contribution in [0.3, 0.4) is 0 Å². The number of hydrogen-bond donors (Lipinski definition) is 1. The average molecular weight is 502 g/mol. The third-order valence-electron chi connectivity index (χ3n) is 7.86. The van der Waals surface area contributed by atoms with Crippen LogP contribution < -0.4 is 10.2 Å². The van der Waals surface area contributed by atoms with E-state index in [0.717, 1.165) is 45.2 Å². The molecule has 5 rings (SSSR count). The first-order valence-electron chi connectivity index (χ1n) is 13.5. The van der Waals surface area contributed by atoms with E-state index in [1.165, 1.54) is 43.8 Å². The Morgan fingerprint density at radius 2 is 1.89 bits per heavy atom. The maximum absolute atomic E-state index is 13.9. The minimum Gasteiger partial charge on any atom is -0.356 e. The molecule has 0 bridgehead atoms. The van der Waals surface area contributed by atoms with Gasteiger partial charge in [-0.3, -0.25) is 4.79 Å². The van der Waals surface area contributed by atoms with Crippen LogP contribution in [0.1, 0.15) is 80.8 Å². The van der Waals surface area contributed by atoms with Crippen LogP contribution in [0.2, 0.25) is 0 Å². The first kappa shape index (κ1) is 25.0. The van der Waals surface area contributed by atoms with Gasteiger partial charge >= 0.3 is 0 Å². The van der Waals surface area contributed by atoms with Gasteiger partial charge in [0.15, 0.2) is 0 Å². The quantitative estimate of drug-likeness (QED) is 0.555. The molecule has 10 heteroatoms. The number of fused-ring (bicyclic) bond motifs is 1. The van der Waals surface area contributed by atoms with Crippen molar-refractivity contribution in [3.05, 3.63) is 29.6 Å². The molecule has 0 spiro atoms. The number of piperidine rings is 1. The van der Waals surface area contributed by atoms with Crippen LogP contribution in [0, 0.1) is 0 Å². The predicted molar refractivity (Wildman–Crippen MR) is 135 cm³/mol. The molecule has 0 radical (unpaired) electrons. The lowest BCUT2D eigenvalue weighted by molar-refractivity contribution is -0.117.